The van der Waals surface area contributed by atoms with Crippen LogP contribution in [0.15, 0.2) is 36.4 Å². The number of nitrogens with one attached hydrogen (secondary N) is 1. The van der Waals surface area contributed by atoms with E-state index >= 15 is 0 Å². The van der Waals surface area contributed by atoms with Crippen molar-refractivity contribution in [2.45, 2.75) is 25.9 Å². The Bertz CT molecular complexity index is 1140. The van der Waals surface area contributed by atoms with Crippen molar-refractivity contribution in [2.75, 3.05) is 25.6 Å². The van der Waals surface area contributed by atoms with Crippen LogP contribution in [0, 0.1) is 0 Å². The molecule has 0 saturated heterocycles. The Kier molecular flexibility index (Phi) is 5.33. The summed E-state index contributed by atoms with van der Waals surface area (Å²) in [6.45, 7) is 3.03. The minimum absolute atomic E-state index is 0.210. The molecule has 0 radical (unpaired) electrons. The highest BCUT2D eigenvalue weighted by Crippen LogP contribution is 2.41. The van der Waals surface area contributed by atoms with Gasteiger partial charge in [0.15, 0.2) is 24.7 Å². The van der Waals surface area contributed by atoms with Crippen molar-refractivity contribution >= 4 is 29.4 Å². The minimum atomic E-state index is -0.716. The van der Waals surface area contributed by atoms with Crippen molar-refractivity contribution in [3.8, 4) is 11.5 Å². The molecule has 0 fully saturated rings. The van der Waals surface area contributed by atoms with Gasteiger partial charge in [-0.1, -0.05) is 12.1 Å². The summed E-state index contributed by atoms with van der Waals surface area (Å²) in [6.07, 6.45) is 0.739. The van der Waals surface area contributed by atoms with Gasteiger partial charge in [-0.3, -0.25) is 19.3 Å². The van der Waals surface area contributed by atoms with E-state index in [1.165, 1.54) is 25.2 Å². The second kappa shape index (κ2) is 7.99. The monoisotopic (exact) mass is 438 g/mol. The molecule has 0 saturated carbocycles. The van der Waals surface area contributed by atoms with Gasteiger partial charge in [-0.2, -0.15) is 0 Å². The Morgan fingerprint density at radius 1 is 1.09 bits per heavy atom. The first-order chi connectivity index (χ1) is 15.1. The Hall–Kier alpha value is -3.88. The number of esters is 1. The smallest absolute Gasteiger partial charge is 0.344 e. The molecule has 166 valence electrons. The highest BCUT2D eigenvalue weighted by molar-refractivity contribution is 6.21. The first-order valence-corrected chi connectivity index (χ1v) is 10.0. The number of carbonyl (C=O) groups excluding carboxylic acids is 4. The molecule has 2 aromatic carbocycles. The van der Waals surface area contributed by atoms with Crippen molar-refractivity contribution in [1.82, 2.24) is 4.90 Å². The molecule has 0 aliphatic carbocycles. The fourth-order valence-corrected chi connectivity index (χ4v) is 3.66. The van der Waals surface area contributed by atoms with E-state index in [1.807, 2.05) is 26.0 Å². The topological polar surface area (TPSA) is 111 Å². The largest absolute Gasteiger partial charge is 0.483 e. The lowest BCUT2D eigenvalue weighted by Crippen LogP contribution is -2.25. The van der Waals surface area contributed by atoms with Gasteiger partial charge in [0, 0.05) is 24.7 Å². The maximum absolute atomic E-state index is 12.1. The number of fused-ring (bicyclic) bond motifs is 2. The molecular formula is C23H22N2O7. The Labute approximate surface area is 184 Å². The van der Waals surface area contributed by atoms with Crippen molar-refractivity contribution in [2.24, 2.45) is 0 Å². The maximum Gasteiger partial charge on any atom is 0.344 e. The van der Waals surface area contributed by atoms with Gasteiger partial charge in [0.25, 0.3) is 17.7 Å². The molecule has 3 amide bonds. The van der Waals surface area contributed by atoms with E-state index in [4.69, 9.17) is 14.2 Å². The fraction of sp³-hybridized carbons (Fsp3) is 0.304. The summed E-state index contributed by atoms with van der Waals surface area (Å²) in [5.41, 5.74) is 1.46. The lowest BCUT2D eigenvalue weighted by atomic mass is 10.0. The van der Waals surface area contributed by atoms with Crippen LogP contribution in [0.1, 0.15) is 40.1 Å². The van der Waals surface area contributed by atoms with Crippen LogP contribution in [0.3, 0.4) is 0 Å². The SMILES string of the molecule is CN1C(=O)c2ccc(NC(=O)COC(=O)COc3cccc4c3OC(C)(C)C4)cc2C1=O. The summed E-state index contributed by atoms with van der Waals surface area (Å²) in [5, 5.41) is 2.53. The Morgan fingerprint density at radius 3 is 2.62 bits per heavy atom. The van der Waals surface area contributed by atoms with E-state index < -0.39 is 30.3 Å². The number of hydrogen-bond acceptors (Lipinski definition) is 7. The highest BCUT2D eigenvalue weighted by Gasteiger charge is 2.33. The van der Waals surface area contributed by atoms with Gasteiger partial charge in [0.2, 0.25) is 0 Å². The third-order valence-electron chi connectivity index (χ3n) is 5.14. The number of hydrogen-bond donors (Lipinski definition) is 1. The van der Waals surface area contributed by atoms with Crippen molar-refractivity contribution in [3.63, 3.8) is 0 Å². The summed E-state index contributed by atoms with van der Waals surface area (Å²) >= 11 is 0. The van der Waals surface area contributed by atoms with Crippen molar-refractivity contribution < 1.29 is 33.4 Å². The molecule has 32 heavy (non-hydrogen) atoms. The average molecular weight is 438 g/mol. The van der Waals surface area contributed by atoms with Crippen LogP contribution >= 0.6 is 0 Å². The molecule has 0 aromatic heterocycles. The van der Waals surface area contributed by atoms with Crippen LogP contribution in [0.5, 0.6) is 11.5 Å². The van der Waals surface area contributed by atoms with Gasteiger partial charge >= 0.3 is 5.97 Å². The van der Waals surface area contributed by atoms with Gasteiger partial charge in [0.1, 0.15) is 5.60 Å². The van der Waals surface area contributed by atoms with E-state index in [2.05, 4.69) is 5.32 Å². The zero-order valence-electron chi connectivity index (χ0n) is 17.9. The first kappa shape index (κ1) is 21.4. The molecule has 2 heterocycles. The van der Waals surface area contributed by atoms with Crippen LogP contribution in [0.25, 0.3) is 0 Å². The van der Waals surface area contributed by atoms with E-state index in [0.29, 0.717) is 17.2 Å². The predicted octanol–water partition coefficient (Wildman–Crippen LogP) is 2.19. The average Bonchev–Trinajstić information content (AvgIpc) is 3.18. The van der Waals surface area contributed by atoms with Gasteiger partial charge in [-0.15, -0.1) is 0 Å². The van der Waals surface area contributed by atoms with Crippen LogP contribution in [-0.4, -0.2) is 54.5 Å². The zero-order valence-corrected chi connectivity index (χ0v) is 17.9. The van der Waals surface area contributed by atoms with Crippen LogP contribution < -0.4 is 14.8 Å². The van der Waals surface area contributed by atoms with E-state index in [-0.39, 0.29) is 23.3 Å². The van der Waals surface area contributed by atoms with E-state index in [0.717, 1.165) is 16.9 Å². The number of amides is 3. The zero-order chi connectivity index (χ0) is 23.0. The third kappa shape index (κ3) is 4.14. The fourth-order valence-electron chi connectivity index (χ4n) is 3.66. The van der Waals surface area contributed by atoms with Gasteiger partial charge in [-0.25, -0.2) is 4.79 Å². The minimum Gasteiger partial charge on any atom is -0.483 e. The quantitative estimate of drug-likeness (QED) is 0.544. The number of nitrogens with zero attached hydrogens (tertiary/aromatic N) is 1. The second-order valence-electron chi connectivity index (χ2n) is 8.21. The van der Waals surface area contributed by atoms with Gasteiger partial charge in [0.05, 0.1) is 11.1 Å². The number of benzene rings is 2. The predicted molar refractivity (Wildman–Crippen MR) is 113 cm³/mol. The van der Waals surface area contributed by atoms with Gasteiger partial charge < -0.3 is 19.5 Å². The number of ether oxygens (including phenoxy) is 3. The lowest BCUT2D eigenvalue weighted by molar-refractivity contribution is -0.149. The number of anilines is 1. The van der Waals surface area contributed by atoms with Crippen LogP contribution in [0.4, 0.5) is 5.69 Å². The molecular weight excluding hydrogens is 416 g/mol. The number of para-hydroxylation sites is 1. The maximum atomic E-state index is 12.1. The first-order valence-electron chi connectivity index (χ1n) is 10.0. The molecule has 0 atom stereocenters. The molecule has 2 aliphatic heterocycles. The molecule has 0 spiro atoms. The summed E-state index contributed by atoms with van der Waals surface area (Å²) in [6, 6.07) is 9.86. The van der Waals surface area contributed by atoms with Crippen molar-refractivity contribution in [1.29, 1.82) is 0 Å². The molecule has 1 N–H and O–H groups in total. The summed E-state index contributed by atoms with van der Waals surface area (Å²) in [4.78, 5) is 49.1. The van der Waals surface area contributed by atoms with E-state index in [1.54, 1.807) is 6.07 Å². The standard InChI is InChI=1S/C23H22N2O7/c1-23(2)10-13-5-4-6-17(20(13)32-23)30-12-19(27)31-11-18(26)24-14-7-8-15-16(9-14)22(29)25(3)21(15)28/h4-9H,10-12H2,1-3H3,(H,24,26). The highest BCUT2D eigenvalue weighted by atomic mass is 16.6. The Morgan fingerprint density at radius 2 is 1.84 bits per heavy atom. The Balaban J connectivity index is 1.28. The molecule has 4 rings (SSSR count). The molecule has 0 bridgehead atoms. The lowest BCUT2D eigenvalue weighted by Gasteiger charge is -2.18. The third-order valence-corrected chi connectivity index (χ3v) is 5.14. The van der Waals surface area contributed by atoms with Crippen LogP contribution in [0.2, 0.25) is 0 Å². The molecule has 9 nitrogen and oxygen atoms in total. The summed E-state index contributed by atoms with van der Waals surface area (Å²) < 4.78 is 16.4. The number of carbonyl (C=O) groups is 4. The van der Waals surface area contributed by atoms with E-state index in [9.17, 15) is 19.2 Å². The van der Waals surface area contributed by atoms with Crippen molar-refractivity contribution in [3.05, 3.63) is 53.1 Å². The molecule has 2 aliphatic rings. The molecule has 9 heteroatoms. The summed E-state index contributed by atoms with van der Waals surface area (Å²) in [5.74, 6) is -1.09. The number of imide groups is 1. The summed E-state index contributed by atoms with van der Waals surface area (Å²) in [7, 11) is 1.39. The van der Waals surface area contributed by atoms with Gasteiger partial charge in [-0.05, 0) is 38.1 Å². The molecule has 0 unspecified atom stereocenters. The normalized spacial score (nSPS) is 15.7. The molecule has 2 aromatic rings. The number of rotatable bonds is 6. The second-order valence-corrected chi connectivity index (χ2v) is 8.21. The van der Waals surface area contributed by atoms with Crippen LogP contribution in [-0.2, 0) is 20.7 Å².